The Morgan fingerprint density at radius 2 is 1.70 bits per heavy atom. The predicted molar refractivity (Wildman–Crippen MR) is 84.9 cm³/mol. The molecule has 0 amide bonds. The van der Waals surface area contributed by atoms with E-state index >= 15 is 0 Å². The van der Waals surface area contributed by atoms with Crippen molar-refractivity contribution in [2.45, 2.75) is 31.3 Å². The molecule has 2 aromatic rings. The Hall–Kier alpha value is -2.62. The normalized spacial score (nSPS) is 21.0. The van der Waals surface area contributed by atoms with Crippen LogP contribution in [0, 0.1) is 0 Å². The van der Waals surface area contributed by atoms with Crippen LogP contribution in [0.15, 0.2) is 54.6 Å². The maximum Gasteiger partial charge on any atom is 0.314 e. The fourth-order valence-electron chi connectivity index (χ4n) is 3.03. The summed E-state index contributed by atoms with van der Waals surface area (Å²) >= 11 is 0. The fourth-order valence-corrected chi connectivity index (χ4v) is 3.03. The highest BCUT2D eigenvalue weighted by Gasteiger charge is 2.42. The topological polar surface area (TPSA) is 63.6 Å². The quantitative estimate of drug-likeness (QED) is 0.696. The van der Waals surface area contributed by atoms with Gasteiger partial charge < -0.3 is 9.84 Å². The van der Waals surface area contributed by atoms with Crippen molar-refractivity contribution in [2.75, 3.05) is 0 Å². The Morgan fingerprint density at radius 1 is 1.00 bits per heavy atom. The van der Waals surface area contributed by atoms with E-state index in [0.29, 0.717) is 12.8 Å². The van der Waals surface area contributed by atoms with Crippen LogP contribution in [0.3, 0.4) is 0 Å². The first kappa shape index (κ1) is 15.3. The summed E-state index contributed by atoms with van der Waals surface area (Å²) in [6, 6.07) is 16.4. The third kappa shape index (κ3) is 3.42. The van der Waals surface area contributed by atoms with Crippen LogP contribution in [0.2, 0.25) is 0 Å². The lowest BCUT2D eigenvalue weighted by molar-refractivity contribution is -0.172. The second-order valence-electron chi connectivity index (χ2n) is 5.89. The largest absolute Gasteiger partial charge is 0.508 e. The van der Waals surface area contributed by atoms with Crippen molar-refractivity contribution in [2.24, 2.45) is 0 Å². The number of phenolic OH excluding ortho intramolecular Hbond substituents is 1. The summed E-state index contributed by atoms with van der Waals surface area (Å²) in [7, 11) is 0. The molecule has 4 heteroatoms. The number of benzene rings is 2. The van der Waals surface area contributed by atoms with Gasteiger partial charge in [0.2, 0.25) is 0 Å². The first-order valence-corrected chi connectivity index (χ1v) is 7.64. The Morgan fingerprint density at radius 3 is 2.35 bits per heavy atom. The van der Waals surface area contributed by atoms with E-state index in [2.05, 4.69) is 0 Å². The minimum Gasteiger partial charge on any atom is -0.508 e. The van der Waals surface area contributed by atoms with E-state index in [1.54, 1.807) is 12.1 Å². The van der Waals surface area contributed by atoms with Crippen molar-refractivity contribution in [3.63, 3.8) is 0 Å². The van der Waals surface area contributed by atoms with Crippen molar-refractivity contribution < 1.29 is 19.4 Å². The molecule has 0 unspecified atom stereocenters. The Balaban J connectivity index is 1.88. The van der Waals surface area contributed by atoms with Crippen LogP contribution in [-0.2, 0) is 26.3 Å². The number of rotatable bonds is 4. The van der Waals surface area contributed by atoms with Crippen LogP contribution in [0.5, 0.6) is 5.75 Å². The molecule has 0 bridgehead atoms. The van der Waals surface area contributed by atoms with Crippen molar-refractivity contribution in [3.8, 4) is 5.75 Å². The fraction of sp³-hybridized carbons (Fsp3) is 0.263. The van der Waals surface area contributed by atoms with Crippen LogP contribution in [0.1, 0.15) is 30.4 Å². The zero-order chi connectivity index (χ0) is 16.3. The van der Waals surface area contributed by atoms with Gasteiger partial charge in [-0.05, 0) is 36.1 Å². The molecular formula is C19H18O4. The second-order valence-corrected chi connectivity index (χ2v) is 5.89. The third-order valence-electron chi connectivity index (χ3n) is 4.19. The van der Waals surface area contributed by atoms with E-state index in [0.717, 1.165) is 11.1 Å². The van der Waals surface area contributed by atoms with Crippen molar-refractivity contribution in [1.29, 1.82) is 0 Å². The van der Waals surface area contributed by atoms with Gasteiger partial charge in [0.1, 0.15) is 23.6 Å². The maximum absolute atomic E-state index is 12.0. The number of ketones is 1. The van der Waals surface area contributed by atoms with Crippen LogP contribution in [-0.4, -0.2) is 16.9 Å². The number of Topliss-reactive ketones (excluding diaryl/α,β-unsaturated/α-hetero) is 1. The summed E-state index contributed by atoms with van der Waals surface area (Å²) < 4.78 is 5.67. The summed E-state index contributed by atoms with van der Waals surface area (Å²) in [5.74, 6) is -0.336. The SMILES string of the molecule is O=C1CC(=O)O[C@](CCc2ccc(O)cc2)(c2ccccc2)C1. The van der Waals surface area contributed by atoms with Gasteiger partial charge in [-0.1, -0.05) is 42.5 Å². The average molecular weight is 310 g/mol. The van der Waals surface area contributed by atoms with Gasteiger partial charge in [0.05, 0.1) is 6.42 Å². The minimum absolute atomic E-state index is 0.0872. The highest BCUT2D eigenvalue weighted by atomic mass is 16.6. The number of carbonyl (C=O) groups is 2. The Labute approximate surface area is 134 Å². The number of carbonyl (C=O) groups excluding carboxylic acids is 2. The van der Waals surface area contributed by atoms with Gasteiger partial charge in [-0.15, -0.1) is 0 Å². The highest BCUT2D eigenvalue weighted by molar-refractivity contribution is 5.98. The van der Waals surface area contributed by atoms with E-state index in [1.165, 1.54) is 0 Å². The molecule has 1 atom stereocenters. The highest BCUT2D eigenvalue weighted by Crippen LogP contribution is 2.38. The average Bonchev–Trinajstić information content (AvgIpc) is 2.54. The molecule has 1 N–H and O–H groups in total. The molecule has 4 nitrogen and oxygen atoms in total. The van der Waals surface area contributed by atoms with Crippen molar-refractivity contribution in [1.82, 2.24) is 0 Å². The lowest BCUT2D eigenvalue weighted by Crippen LogP contribution is -2.40. The van der Waals surface area contributed by atoms with Gasteiger partial charge in [-0.2, -0.15) is 0 Å². The molecule has 0 saturated carbocycles. The van der Waals surface area contributed by atoms with Crippen LogP contribution < -0.4 is 0 Å². The van der Waals surface area contributed by atoms with Crippen molar-refractivity contribution >= 4 is 11.8 Å². The first-order valence-electron chi connectivity index (χ1n) is 7.64. The zero-order valence-corrected chi connectivity index (χ0v) is 12.7. The number of aryl methyl sites for hydroxylation is 1. The Kier molecular flexibility index (Phi) is 4.15. The lowest BCUT2D eigenvalue weighted by Gasteiger charge is -2.36. The summed E-state index contributed by atoms with van der Waals surface area (Å²) in [5, 5.41) is 9.36. The second kappa shape index (κ2) is 6.24. The van der Waals surface area contributed by atoms with Crippen molar-refractivity contribution in [3.05, 3.63) is 65.7 Å². The summed E-state index contributed by atoms with van der Waals surface area (Å²) in [4.78, 5) is 23.8. The molecule has 2 aromatic carbocycles. The monoisotopic (exact) mass is 310 g/mol. The van der Waals surface area contributed by atoms with E-state index in [-0.39, 0.29) is 24.4 Å². The molecule has 1 aliphatic rings. The number of hydrogen-bond acceptors (Lipinski definition) is 4. The van der Waals surface area contributed by atoms with Crippen LogP contribution in [0.25, 0.3) is 0 Å². The van der Waals surface area contributed by atoms with Gasteiger partial charge in [0.25, 0.3) is 0 Å². The number of esters is 1. The number of cyclic esters (lactones) is 1. The van der Waals surface area contributed by atoms with Gasteiger partial charge in [-0.3, -0.25) is 9.59 Å². The first-order chi connectivity index (χ1) is 11.1. The molecule has 0 radical (unpaired) electrons. The van der Waals surface area contributed by atoms with Gasteiger partial charge in [0.15, 0.2) is 0 Å². The van der Waals surface area contributed by atoms with E-state index in [4.69, 9.17) is 4.74 Å². The molecule has 1 aliphatic heterocycles. The molecule has 3 rings (SSSR count). The molecule has 23 heavy (non-hydrogen) atoms. The number of hydrogen-bond donors (Lipinski definition) is 1. The molecule has 1 fully saturated rings. The molecule has 118 valence electrons. The molecule has 0 aromatic heterocycles. The third-order valence-corrected chi connectivity index (χ3v) is 4.19. The van der Waals surface area contributed by atoms with Gasteiger partial charge in [-0.25, -0.2) is 0 Å². The van der Waals surface area contributed by atoms with E-state index in [9.17, 15) is 14.7 Å². The molecule has 1 saturated heterocycles. The van der Waals surface area contributed by atoms with Crippen LogP contribution >= 0.6 is 0 Å². The lowest BCUT2D eigenvalue weighted by atomic mass is 9.81. The van der Waals surface area contributed by atoms with E-state index in [1.807, 2.05) is 42.5 Å². The minimum atomic E-state index is -0.897. The van der Waals surface area contributed by atoms with Crippen LogP contribution in [0.4, 0.5) is 0 Å². The number of phenols is 1. The van der Waals surface area contributed by atoms with Gasteiger partial charge >= 0.3 is 5.97 Å². The summed E-state index contributed by atoms with van der Waals surface area (Å²) in [6.07, 6.45) is 1.24. The number of ether oxygens (including phenoxy) is 1. The number of aromatic hydroxyl groups is 1. The smallest absolute Gasteiger partial charge is 0.314 e. The molecular weight excluding hydrogens is 292 g/mol. The summed E-state index contributed by atoms with van der Waals surface area (Å²) in [6.45, 7) is 0. The molecule has 0 spiro atoms. The van der Waals surface area contributed by atoms with E-state index < -0.39 is 11.6 Å². The predicted octanol–water partition coefficient (Wildman–Crippen LogP) is 3.13. The standard InChI is InChI=1S/C19H18O4/c20-16-8-6-14(7-9-16)10-11-19(15-4-2-1-3-5-15)13-17(21)12-18(22)23-19/h1-9,20H,10-13H2/t19-/m0/s1. The molecule has 0 aliphatic carbocycles. The molecule has 1 heterocycles. The van der Waals surface area contributed by atoms with Gasteiger partial charge in [0, 0.05) is 0 Å². The Bertz CT molecular complexity index is 688. The zero-order valence-electron chi connectivity index (χ0n) is 12.7. The maximum atomic E-state index is 12.0. The summed E-state index contributed by atoms with van der Waals surface area (Å²) in [5.41, 5.74) is 0.971.